The molecule has 1 aromatic carbocycles. The van der Waals surface area contributed by atoms with Gasteiger partial charge in [0, 0.05) is 17.2 Å². The predicted octanol–water partition coefficient (Wildman–Crippen LogP) is 3.18. The van der Waals surface area contributed by atoms with E-state index in [2.05, 4.69) is 22.3 Å². The maximum absolute atomic E-state index is 6.09. The Kier molecular flexibility index (Phi) is 2.52. The largest absolute Gasteiger partial charge is 0.497 e. The molecule has 2 unspecified atom stereocenters. The highest BCUT2D eigenvalue weighted by Crippen LogP contribution is 2.64. The number of benzene rings is 1. The minimum absolute atomic E-state index is 0.607. The summed E-state index contributed by atoms with van der Waals surface area (Å²) < 4.78 is 5.21. The number of hydrogen-bond donors (Lipinski definition) is 2. The maximum atomic E-state index is 6.09. The molecule has 2 aliphatic rings. The van der Waals surface area contributed by atoms with Gasteiger partial charge in [0.25, 0.3) is 0 Å². The number of nitrogen functional groups attached to an aromatic ring is 1. The van der Waals surface area contributed by atoms with Crippen LogP contribution < -0.4 is 10.5 Å². The van der Waals surface area contributed by atoms with Crippen molar-refractivity contribution >= 4 is 5.82 Å². The summed E-state index contributed by atoms with van der Waals surface area (Å²) in [6.07, 6.45) is 4.10. The number of H-pyrrole nitrogens is 1. The van der Waals surface area contributed by atoms with Gasteiger partial charge in [0.15, 0.2) is 5.82 Å². The van der Waals surface area contributed by atoms with Gasteiger partial charge >= 0.3 is 0 Å². The Balaban J connectivity index is 1.72. The van der Waals surface area contributed by atoms with Crippen molar-refractivity contribution in [3.8, 4) is 16.9 Å². The third-order valence-electron chi connectivity index (χ3n) is 4.94. The zero-order valence-corrected chi connectivity index (χ0v) is 11.6. The molecule has 20 heavy (non-hydrogen) atoms. The van der Waals surface area contributed by atoms with E-state index in [1.165, 1.54) is 25.0 Å². The highest BCUT2D eigenvalue weighted by Gasteiger charge is 2.54. The SMILES string of the molecule is COc1ccc(-c2c(N)n[nH]c2C2C3CCCC32)cc1. The van der Waals surface area contributed by atoms with E-state index in [0.29, 0.717) is 11.7 Å². The van der Waals surface area contributed by atoms with Crippen LogP contribution in [0.4, 0.5) is 5.82 Å². The number of nitrogens with two attached hydrogens (primary N) is 1. The molecule has 2 fully saturated rings. The lowest BCUT2D eigenvalue weighted by Crippen LogP contribution is -1.93. The summed E-state index contributed by atoms with van der Waals surface area (Å²) in [6.45, 7) is 0. The lowest BCUT2D eigenvalue weighted by Gasteiger charge is -2.07. The molecule has 0 radical (unpaired) electrons. The van der Waals surface area contributed by atoms with Gasteiger partial charge in [-0.2, -0.15) is 5.10 Å². The molecule has 2 aromatic rings. The third kappa shape index (κ3) is 1.64. The van der Waals surface area contributed by atoms with Crippen LogP contribution in [-0.4, -0.2) is 17.3 Å². The van der Waals surface area contributed by atoms with Crippen molar-refractivity contribution in [3.05, 3.63) is 30.0 Å². The van der Waals surface area contributed by atoms with Gasteiger partial charge in [-0.1, -0.05) is 18.6 Å². The van der Waals surface area contributed by atoms with Crippen LogP contribution in [0.5, 0.6) is 5.75 Å². The van der Waals surface area contributed by atoms with E-state index < -0.39 is 0 Å². The van der Waals surface area contributed by atoms with Gasteiger partial charge in [0.2, 0.25) is 0 Å². The number of hydrogen-bond acceptors (Lipinski definition) is 3. The van der Waals surface area contributed by atoms with Gasteiger partial charge < -0.3 is 10.5 Å². The average Bonchev–Trinajstić information content (AvgIpc) is 2.84. The molecule has 0 aliphatic heterocycles. The Morgan fingerprint density at radius 1 is 1.20 bits per heavy atom. The van der Waals surface area contributed by atoms with Crippen LogP contribution in [0, 0.1) is 11.8 Å². The number of nitrogens with zero attached hydrogens (tertiary/aromatic N) is 1. The fraction of sp³-hybridized carbons (Fsp3) is 0.438. The van der Waals surface area contributed by atoms with Crippen molar-refractivity contribution in [1.82, 2.24) is 10.2 Å². The van der Waals surface area contributed by atoms with Crippen LogP contribution in [0.15, 0.2) is 24.3 Å². The first-order valence-electron chi connectivity index (χ1n) is 7.27. The minimum Gasteiger partial charge on any atom is -0.497 e. The number of anilines is 1. The molecule has 3 N–H and O–H groups in total. The summed E-state index contributed by atoms with van der Waals surface area (Å²) in [7, 11) is 1.68. The zero-order valence-electron chi connectivity index (χ0n) is 11.6. The van der Waals surface area contributed by atoms with E-state index in [0.717, 1.165) is 28.7 Å². The molecule has 2 saturated carbocycles. The second kappa shape index (κ2) is 4.27. The van der Waals surface area contributed by atoms with E-state index in [4.69, 9.17) is 10.5 Å². The summed E-state index contributed by atoms with van der Waals surface area (Å²) in [6, 6.07) is 8.06. The predicted molar refractivity (Wildman–Crippen MR) is 78.6 cm³/mol. The number of rotatable bonds is 3. The third-order valence-corrected chi connectivity index (χ3v) is 4.94. The molecule has 104 valence electrons. The number of fused-ring (bicyclic) bond motifs is 1. The Labute approximate surface area is 118 Å². The molecule has 2 aliphatic carbocycles. The monoisotopic (exact) mass is 269 g/mol. The maximum Gasteiger partial charge on any atom is 0.153 e. The van der Waals surface area contributed by atoms with Gasteiger partial charge in [0.1, 0.15) is 5.75 Å². The van der Waals surface area contributed by atoms with E-state index >= 15 is 0 Å². The van der Waals surface area contributed by atoms with Crippen LogP contribution in [-0.2, 0) is 0 Å². The van der Waals surface area contributed by atoms with Crippen LogP contribution in [0.2, 0.25) is 0 Å². The van der Waals surface area contributed by atoms with Gasteiger partial charge in [-0.15, -0.1) is 0 Å². The molecule has 0 saturated heterocycles. The van der Waals surface area contributed by atoms with Gasteiger partial charge in [0.05, 0.1) is 7.11 Å². The van der Waals surface area contributed by atoms with Crippen LogP contribution in [0.3, 0.4) is 0 Å². The van der Waals surface area contributed by atoms with Crippen LogP contribution in [0.25, 0.3) is 11.1 Å². The van der Waals surface area contributed by atoms with Crippen molar-refractivity contribution in [3.63, 3.8) is 0 Å². The normalized spacial score (nSPS) is 27.4. The Morgan fingerprint density at radius 3 is 2.55 bits per heavy atom. The standard InChI is InChI=1S/C16H19N3O/c1-20-10-7-5-9(6-8-10)13-15(18-19-16(13)17)14-11-3-2-4-12(11)14/h5-8,11-12,14H,2-4H2,1H3,(H3,17,18,19). The Morgan fingerprint density at radius 2 is 1.90 bits per heavy atom. The molecule has 0 amide bonds. The van der Waals surface area contributed by atoms with Gasteiger partial charge in [-0.25, -0.2) is 0 Å². The van der Waals surface area contributed by atoms with Crippen molar-refractivity contribution in [1.29, 1.82) is 0 Å². The smallest absolute Gasteiger partial charge is 0.153 e. The van der Waals surface area contributed by atoms with E-state index in [9.17, 15) is 0 Å². The molecule has 1 aromatic heterocycles. The second-order valence-corrected chi connectivity index (χ2v) is 5.91. The molecular weight excluding hydrogens is 250 g/mol. The molecule has 4 nitrogen and oxygen atoms in total. The lowest BCUT2D eigenvalue weighted by molar-refractivity contribution is 0.415. The molecular formula is C16H19N3O. The fourth-order valence-corrected chi connectivity index (χ4v) is 3.92. The highest BCUT2D eigenvalue weighted by molar-refractivity contribution is 5.77. The summed E-state index contributed by atoms with van der Waals surface area (Å²) in [4.78, 5) is 0. The number of aromatic amines is 1. The number of nitrogens with one attached hydrogen (secondary N) is 1. The van der Waals surface area contributed by atoms with Gasteiger partial charge in [-0.3, -0.25) is 5.10 Å². The van der Waals surface area contributed by atoms with Gasteiger partial charge in [-0.05, 0) is 42.4 Å². The molecule has 4 rings (SSSR count). The summed E-state index contributed by atoms with van der Waals surface area (Å²) in [5.41, 5.74) is 9.54. The topological polar surface area (TPSA) is 63.9 Å². The molecule has 0 bridgehead atoms. The second-order valence-electron chi connectivity index (χ2n) is 5.91. The lowest BCUT2D eigenvalue weighted by atomic mass is 9.99. The first-order chi connectivity index (χ1) is 9.79. The molecule has 4 heteroatoms. The van der Waals surface area contributed by atoms with Crippen molar-refractivity contribution in [2.75, 3.05) is 12.8 Å². The Bertz CT molecular complexity index is 622. The first-order valence-corrected chi connectivity index (χ1v) is 7.27. The summed E-state index contributed by atoms with van der Waals surface area (Å²) >= 11 is 0. The number of methoxy groups -OCH3 is 1. The van der Waals surface area contributed by atoms with Crippen molar-refractivity contribution in [2.45, 2.75) is 25.2 Å². The van der Waals surface area contributed by atoms with E-state index in [1.807, 2.05) is 12.1 Å². The Hall–Kier alpha value is -1.97. The van der Waals surface area contributed by atoms with Crippen molar-refractivity contribution < 1.29 is 4.74 Å². The first kappa shape index (κ1) is 11.8. The average molecular weight is 269 g/mol. The quantitative estimate of drug-likeness (QED) is 0.899. The molecule has 1 heterocycles. The van der Waals surface area contributed by atoms with Crippen LogP contribution in [0.1, 0.15) is 30.9 Å². The molecule has 0 spiro atoms. The van der Waals surface area contributed by atoms with E-state index in [1.54, 1.807) is 7.11 Å². The molecule has 2 atom stereocenters. The zero-order chi connectivity index (χ0) is 13.7. The number of ether oxygens (including phenoxy) is 1. The summed E-state index contributed by atoms with van der Waals surface area (Å²) in [5.74, 6) is 3.82. The fourth-order valence-electron chi connectivity index (χ4n) is 3.92. The summed E-state index contributed by atoms with van der Waals surface area (Å²) in [5, 5.41) is 7.43. The highest BCUT2D eigenvalue weighted by atomic mass is 16.5. The number of aromatic nitrogens is 2. The van der Waals surface area contributed by atoms with Crippen molar-refractivity contribution in [2.24, 2.45) is 11.8 Å². The van der Waals surface area contributed by atoms with E-state index in [-0.39, 0.29) is 0 Å². The van der Waals surface area contributed by atoms with Crippen LogP contribution >= 0.6 is 0 Å². The minimum atomic E-state index is 0.607.